The molecule has 3 nitrogen and oxygen atoms in total. The van der Waals surface area contributed by atoms with Crippen LogP contribution in [0.1, 0.15) is 64.2 Å². The fourth-order valence-electron chi connectivity index (χ4n) is 4.00. The van der Waals surface area contributed by atoms with Crippen molar-refractivity contribution in [3.8, 4) is 0 Å². The highest BCUT2D eigenvalue weighted by Crippen LogP contribution is 2.31. The Hall–Kier alpha value is -0.570. The predicted molar refractivity (Wildman–Crippen MR) is 81.6 cm³/mol. The average molecular weight is 278 g/mol. The molecule has 0 spiro atoms. The summed E-state index contributed by atoms with van der Waals surface area (Å²) < 4.78 is 0. The van der Waals surface area contributed by atoms with E-state index in [4.69, 9.17) is 0 Å². The van der Waals surface area contributed by atoms with E-state index in [0.29, 0.717) is 17.9 Å². The number of carbonyl (C=O) groups is 1. The number of rotatable bonds is 4. The fourth-order valence-corrected chi connectivity index (χ4v) is 4.00. The summed E-state index contributed by atoms with van der Waals surface area (Å²) in [5.74, 6) is 0.866. The van der Waals surface area contributed by atoms with Crippen molar-refractivity contribution >= 4 is 5.91 Å². The van der Waals surface area contributed by atoms with Gasteiger partial charge in [-0.3, -0.25) is 4.79 Å². The van der Waals surface area contributed by atoms with E-state index in [9.17, 15) is 4.79 Å². The van der Waals surface area contributed by atoms with Crippen LogP contribution in [0.25, 0.3) is 0 Å². The average Bonchev–Trinajstić information content (AvgIpc) is 2.45. The Balaban J connectivity index is 1.50. The molecule has 20 heavy (non-hydrogen) atoms. The van der Waals surface area contributed by atoms with Crippen molar-refractivity contribution in [3.63, 3.8) is 0 Å². The highest BCUT2D eigenvalue weighted by atomic mass is 16.2. The molecule has 3 heteroatoms. The van der Waals surface area contributed by atoms with Crippen molar-refractivity contribution in [2.75, 3.05) is 26.2 Å². The summed E-state index contributed by atoms with van der Waals surface area (Å²) in [4.78, 5) is 17.4. The normalized spacial score (nSPS) is 29.2. The van der Waals surface area contributed by atoms with Crippen molar-refractivity contribution in [2.24, 2.45) is 5.92 Å². The molecule has 0 radical (unpaired) electrons. The summed E-state index contributed by atoms with van der Waals surface area (Å²) >= 11 is 0. The van der Waals surface area contributed by atoms with Crippen LogP contribution in [0, 0.1) is 5.92 Å². The molecule has 3 aliphatic rings. The van der Waals surface area contributed by atoms with Gasteiger partial charge >= 0.3 is 0 Å². The second-order valence-corrected chi connectivity index (χ2v) is 7.00. The predicted octanol–water partition coefficient (Wildman–Crippen LogP) is 3.04. The maximum atomic E-state index is 12.6. The first-order valence-corrected chi connectivity index (χ1v) is 8.87. The molecule has 1 saturated carbocycles. The van der Waals surface area contributed by atoms with Crippen LogP contribution in [0.3, 0.4) is 0 Å². The van der Waals surface area contributed by atoms with Crippen molar-refractivity contribution in [1.82, 2.24) is 9.80 Å². The van der Waals surface area contributed by atoms with Crippen LogP contribution in [0.4, 0.5) is 0 Å². The third-order valence-corrected chi connectivity index (χ3v) is 5.59. The summed E-state index contributed by atoms with van der Waals surface area (Å²) in [5.41, 5.74) is 0. The van der Waals surface area contributed by atoms with Crippen molar-refractivity contribution < 1.29 is 4.79 Å². The molecule has 114 valence electrons. The lowest BCUT2D eigenvalue weighted by Crippen LogP contribution is -2.49. The summed E-state index contributed by atoms with van der Waals surface area (Å²) in [6.07, 6.45) is 12.7. The standard InChI is InChI=1S/C17H30N2O/c20-17(15-7-6-8-15)19-13-5-2-9-16(19)10-14-18-11-3-1-4-12-18/h15-16H,1-14H2/t16-/m1/s1. The molecule has 0 bridgehead atoms. The highest BCUT2D eigenvalue weighted by molar-refractivity contribution is 5.80. The summed E-state index contributed by atoms with van der Waals surface area (Å²) in [5, 5.41) is 0. The molecule has 3 fully saturated rings. The van der Waals surface area contributed by atoms with Crippen LogP contribution >= 0.6 is 0 Å². The van der Waals surface area contributed by atoms with Gasteiger partial charge in [-0.15, -0.1) is 0 Å². The lowest BCUT2D eigenvalue weighted by Gasteiger charge is -2.41. The summed E-state index contributed by atoms with van der Waals surface area (Å²) in [6, 6.07) is 0.541. The molecule has 0 unspecified atom stereocenters. The van der Waals surface area contributed by atoms with Crippen LogP contribution in [0.2, 0.25) is 0 Å². The zero-order chi connectivity index (χ0) is 13.8. The minimum atomic E-state index is 0.380. The smallest absolute Gasteiger partial charge is 0.225 e. The van der Waals surface area contributed by atoms with Gasteiger partial charge < -0.3 is 9.80 Å². The van der Waals surface area contributed by atoms with Crippen LogP contribution < -0.4 is 0 Å². The molecule has 0 aromatic heterocycles. The largest absolute Gasteiger partial charge is 0.339 e. The quantitative estimate of drug-likeness (QED) is 0.789. The zero-order valence-corrected chi connectivity index (χ0v) is 12.9. The van der Waals surface area contributed by atoms with Crippen molar-refractivity contribution in [3.05, 3.63) is 0 Å². The minimum Gasteiger partial charge on any atom is -0.339 e. The molecule has 0 N–H and O–H groups in total. The number of piperidine rings is 2. The van der Waals surface area contributed by atoms with Crippen LogP contribution in [0.15, 0.2) is 0 Å². The van der Waals surface area contributed by atoms with Crippen molar-refractivity contribution in [1.29, 1.82) is 0 Å². The van der Waals surface area contributed by atoms with Crippen LogP contribution in [0.5, 0.6) is 0 Å². The van der Waals surface area contributed by atoms with E-state index in [-0.39, 0.29) is 0 Å². The topological polar surface area (TPSA) is 23.6 Å². The van der Waals surface area contributed by atoms with Gasteiger partial charge in [-0.2, -0.15) is 0 Å². The first kappa shape index (κ1) is 14.4. The SMILES string of the molecule is O=C(C1CCC1)N1CCCC[C@@H]1CCN1CCCCC1. The van der Waals surface area contributed by atoms with Gasteiger partial charge in [0, 0.05) is 25.0 Å². The van der Waals surface area contributed by atoms with E-state index in [1.807, 2.05) is 0 Å². The Morgan fingerprint density at radius 1 is 0.850 bits per heavy atom. The van der Waals surface area contributed by atoms with Crippen molar-refractivity contribution in [2.45, 2.75) is 70.3 Å². The van der Waals surface area contributed by atoms with Crippen LogP contribution in [-0.2, 0) is 4.79 Å². The Kier molecular flexibility index (Phi) is 4.98. The number of amides is 1. The first-order valence-electron chi connectivity index (χ1n) is 8.87. The van der Waals surface area contributed by atoms with Gasteiger partial charge in [0.1, 0.15) is 0 Å². The summed E-state index contributed by atoms with van der Waals surface area (Å²) in [7, 11) is 0. The Bertz CT molecular complexity index is 321. The highest BCUT2D eigenvalue weighted by Gasteiger charge is 2.34. The second kappa shape index (κ2) is 6.93. The summed E-state index contributed by atoms with van der Waals surface area (Å²) in [6.45, 7) is 4.80. The number of likely N-dealkylation sites (tertiary alicyclic amines) is 2. The van der Waals surface area contributed by atoms with Gasteiger partial charge in [-0.25, -0.2) is 0 Å². The van der Waals surface area contributed by atoms with Gasteiger partial charge in [-0.05, 0) is 64.5 Å². The zero-order valence-electron chi connectivity index (χ0n) is 12.9. The third kappa shape index (κ3) is 3.36. The van der Waals surface area contributed by atoms with E-state index in [1.165, 1.54) is 71.0 Å². The van der Waals surface area contributed by atoms with Gasteiger partial charge in [0.05, 0.1) is 0 Å². The molecular formula is C17H30N2O. The molecule has 2 heterocycles. The van der Waals surface area contributed by atoms with Gasteiger partial charge in [0.15, 0.2) is 0 Å². The maximum Gasteiger partial charge on any atom is 0.225 e. The number of hydrogen-bond donors (Lipinski definition) is 0. The Labute approximate surface area is 123 Å². The Morgan fingerprint density at radius 3 is 2.30 bits per heavy atom. The molecule has 3 rings (SSSR count). The number of nitrogens with zero attached hydrogens (tertiary/aromatic N) is 2. The van der Waals surface area contributed by atoms with E-state index >= 15 is 0 Å². The first-order chi connectivity index (χ1) is 9.84. The molecule has 2 saturated heterocycles. The van der Waals surface area contributed by atoms with Gasteiger partial charge in [0.2, 0.25) is 5.91 Å². The monoisotopic (exact) mass is 278 g/mol. The molecule has 1 atom stereocenters. The van der Waals surface area contributed by atoms with Gasteiger partial charge in [0.25, 0.3) is 0 Å². The lowest BCUT2D eigenvalue weighted by atomic mass is 9.83. The molecule has 0 aromatic rings. The molecule has 0 aromatic carbocycles. The molecular weight excluding hydrogens is 248 g/mol. The van der Waals surface area contributed by atoms with E-state index in [1.54, 1.807) is 0 Å². The van der Waals surface area contributed by atoms with Crippen LogP contribution in [-0.4, -0.2) is 47.9 Å². The number of hydrogen-bond acceptors (Lipinski definition) is 2. The molecule has 2 aliphatic heterocycles. The second-order valence-electron chi connectivity index (χ2n) is 7.00. The van der Waals surface area contributed by atoms with E-state index in [2.05, 4.69) is 9.80 Å². The van der Waals surface area contributed by atoms with E-state index < -0.39 is 0 Å². The van der Waals surface area contributed by atoms with Gasteiger partial charge in [-0.1, -0.05) is 12.8 Å². The molecule has 1 amide bonds. The van der Waals surface area contributed by atoms with E-state index in [0.717, 1.165) is 19.4 Å². The Morgan fingerprint density at radius 2 is 1.60 bits per heavy atom. The molecule has 1 aliphatic carbocycles. The maximum absolute atomic E-state index is 12.6. The lowest BCUT2D eigenvalue weighted by molar-refractivity contribution is -0.142. The fraction of sp³-hybridized carbons (Fsp3) is 0.941. The minimum absolute atomic E-state index is 0.380. The third-order valence-electron chi connectivity index (χ3n) is 5.59. The number of carbonyl (C=O) groups excluding carboxylic acids is 1.